The van der Waals surface area contributed by atoms with E-state index >= 15 is 0 Å². The summed E-state index contributed by atoms with van der Waals surface area (Å²) in [5.74, 6) is 0.491. The molecule has 1 aliphatic heterocycles. The number of rotatable bonds is 6. The smallest absolute Gasteiger partial charge is 0.343 e. The van der Waals surface area contributed by atoms with E-state index in [1.807, 2.05) is 60.7 Å². The summed E-state index contributed by atoms with van der Waals surface area (Å²) in [6.07, 6.45) is 0. The molecule has 5 rings (SSSR count). The fourth-order valence-electron chi connectivity index (χ4n) is 4.62. The molecule has 0 radical (unpaired) electrons. The molecular weight excluding hydrogens is 536 g/mol. The zero-order valence-electron chi connectivity index (χ0n) is 23.0. The normalized spacial score (nSPS) is 14.5. The molecule has 0 amide bonds. The van der Waals surface area contributed by atoms with Crippen molar-refractivity contribution in [2.24, 2.45) is 5.73 Å². The third kappa shape index (κ3) is 6.21. The van der Waals surface area contributed by atoms with Gasteiger partial charge in [0.2, 0.25) is 5.88 Å². The van der Waals surface area contributed by atoms with Gasteiger partial charge in [-0.05, 0) is 64.6 Å². The lowest BCUT2D eigenvalue weighted by Gasteiger charge is -2.27. The number of ether oxygens (including phenoxy) is 3. The van der Waals surface area contributed by atoms with Crippen LogP contribution in [0.25, 0.3) is 0 Å². The highest BCUT2D eigenvalue weighted by Crippen LogP contribution is 2.43. The summed E-state index contributed by atoms with van der Waals surface area (Å²) in [4.78, 5) is 12.8. The Labute approximate surface area is 244 Å². The van der Waals surface area contributed by atoms with Crippen LogP contribution in [0.5, 0.6) is 17.2 Å². The van der Waals surface area contributed by atoms with E-state index in [1.54, 1.807) is 30.3 Å². The summed E-state index contributed by atoms with van der Waals surface area (Å²) >= 11 is 5.96. The second kappa shape index (κ2) is 11.4. The van der Waals surface area contributed by atoms with Crippen molar-refractivity contribution in [3.63, 3.8) is 0 Å². The first-order valence-electron chi connectivity index (χ1n) is 13.1. The second-order valence-corrected chi connectivity index (χ2v) is 11.3. The number of hydrogen-bond donors (Lipinski definition) is 1. The number of allylic oxidation sites excluding steroid dienone is 1. The number of esters is 1. The van der Waals surface area contributed by atoms with Crippen LogP contribution in [0.1, 0.15) is 59.3 Å². The van der Waals surface area contributed by atoms with Crippen molar-refractivity contribution in [2.75, 3.05) is 0 Å². The lowest BCUT2D eigenvalue weighted by molar-refractivity contribution is 0.0734. The summed E-state index contributed by atoms with van der Waals surface area (Å²) in [6, 6.07) is 29.7. The van der Waals surface area contributed by atoms with E-state index in [0.717, 1.165) is 22.3 Å². The summed E-state index contributed by atoms with van der Waals surface area (Å²) < 4.78 is 17.4. The van der Waals surface area contributed by atoms with Crippen molar-refractivity contribution in [1.29, 1.82) is 5.26 Å². The van der Waals surface area contributed by atoms with E-state index in [9.17, 15) is 10.1 Å². The molecule has 0 saturated carbocycles. The maximum atomic E-state index is 12.8. The number of nitrogens with two attached hydrogens (primary N) is 1. The quantitative estimate of drug-likeness (QED) is 0.191. The molecule has 0 aromatic heterocycles. The Kier molecular flexibility index (Phi) is 7.74. The van der Waals surface area contributed by atoms with E-state index in [0.29, 0.717) is 40.0 Å². The zero-order valence-corrected chi connectivity index (χ0v) is 23.7. The molecule has 1 heterocycles. The van der Waals surface area contributed by atoms with Crippen molar-refractivity contribution in [3.8, 4) is 23.3 Å². The fourth-order valence-corrected chi connectivity index (χ4v) is 4.74. The number of carbonyl (C=O) groups excluding carboxylic acids is 1. The third-order valence-corrected chi connectivity index (χ3v) is 7.17. The Bertz CT molecular complexity index is 1650. The second-order valence-electron chi connectivity index (χ2n) is 10.8. The average molecular weight is 565 g/mol. The molecule has 4 aromatic carbocycles. The van der Waals surface area contributed by atoms with Gasteiger partial charge in [-0.2, -0.15) is 5.26 Å². The van der Waals surface area contributed by atoms with Gasteiger partial charge >= 0.3 is 5.97 Å². The Morgan fingerprint density at radius 1 is 0.951 bits per heavy atom. The molecule has 1 aliphatic rings. The molecule has 6 nitrogen and oxygen atoms in total. The van der Waals surface area contributed by atoms with Gasteiger partial charge in [-0.1, -0.05) is 74.8 Å². The minimum absolute atomic E-state index is 0.00862. The molecule has 0 aliphatic carbocycles. The van der Waals surface area contributed by atoms with Crippen LogP contribution in [0.2, 0.25) is 5.02 Å². The van der Waals surface area contributed by atoms with E-state index in [4.69, 9.17) is 31.5 Å². The molecule has 206 valence electrons. The maximum Gasteiger partial charge on any atom is 0.343 e. The first-order chi connectivity index (χ1) is 19.6. The Hall–Kier alpha value is -4.73. The predicted molar refractivity (Wildman–Crippen MR) is 158 cm³/mol. The largest absolute Gasteiger partial charge is 0.489 e. The summed E-state index contributed by atoms with van der Waals surface area (Å²) in [6.45, 7) is 6.74. The van der Waals surface area contributed by atoms with Gasteiger partial charge in [-0.3, -0.25) is 0 Å². The van der Waals surface area contributed by atoms with Crippen molar-refractivity contribution >= 4 is 17.6 Å². The number of hydrogen-bond acceptors (Lipinski definition) is 6. The molecule has 7 heteroatoms. The Morgan fingerprint density at radius 2 is 1.61 bits per heavy atom. The lowest BCUT2D eigenvalue weighted by Crippen LogP contribution is -2.21. The first-order valence-corrected chi connectivity index (χ1v) is 13.5. The highest BCUT2D eigenvalue weighted by Gasteiger charge is 2.31. The van der Waals surface area contributed by atoms with E-state index in [1.165, 1.54) is 0 Å². The average Bonchev–Trinajstić information content (AvgIpc) is 2.96. The van der Waals surface area contributed by atoms with Crippen LogP contribution in [0, 0.1) is 11.3 Å². The summed E-state index contributed by atoms with van der Waals surface area (Å²) in [7, 11) is 0. The van der Waals surface area contributed by atoms with Gasteiger partial charge in [0.25, 0.3) is 0 Å². The monoisotopic (exact) mass is 564 g/mol. The van der Waals surface area contributed by atoms with Crippen LogP contribution < -0.4 is 19.9 Å². The third-order valence-electron chi connectivity index (χ3n) is 6.92. The number of carbonyl (C=O) groups is 1. The van der Waals surface area contributed by atoms with Crippen molar-refractivity contribution in [3.05, 3.63) is 135 Å². The Morgan fingerprint density at radius 3 is 2.24 bits per heavy atom. The standard InChI is InChI=1S/C34H29ClN2O4/c1-34(2,3)24-10-6-23(7-11-24)33(38)40-27-16-17-28-30(18-27)41-32(37)29(19-36)31(28)22-8-14-26(15-9-22)39-20-21-4-12-25(35)13-5-21/h4-18,31H,20,37H2,1-3H3. The molecule has 0 fully saturated rings. The number of benzene rings is 4. The minimum atomic E-state index is -0.479. The van der Waals surface area contributed by atoms with E-state index in [2.05, 4.69) is 26.8 Å². The maximum absolute atomic E-state index is 12.8. The van der Waals surface area contributed by atoms with Crippen molar-refractivity contribution < 1.29 is 19.0 Å². The molecule has 2 N–H and O–H groups in total. The van der Waals surface area contributed by atoms with Gasteiger partial charge in [0.15, 0.2) is 0 Å². The SMILES string of the molecule is CC(C)(C)c1ccc(C(=O)Oc2ccc3c(c2)OC(N)=C(C#N)C3c2ccc(OCc3ccc(Cl)cc3)cc2)cc1. The van der Waals surface area contributed by atoms with Gasteiger partial charge in [0, 0.05) is 16.7 Å². The number of halogens is 1. The molecular formula is C34H29ClN2O4. The molecule has 1 atom stereocenters. The Balaban J connectivity index is 1.35. The van der Waals surface area contributed by atoms with E-state index in [-0.39, 0.29) is 11.3 Å². The van der Waals surface area contributed by atoms with Crippen LogP contribution >= 0.6 is 11.6 Å². The minimum Gasteiger partial charge on any atom is -0.489 e. The molecule has 41 heavy (non-hydrogen) atoms. The zero-order chi connectivity index (χ0) is 29.1. The highest BCUT2D eigenvalue weighted by atomic mass is 35.5. The van der Waals surface area contributed by atoms with E-state index < -0.39 is 11.9 Å². The van der Waals surface area contributed by atoms with Gasteiger partial charge in [-0.15, -0.1) is 0 Å². The topological polar surface area (TPSA) is 94.6 Å². The van der Waals surface area contributed by atoms with Crippen LogP contribution in [0.15, 0.2) is 102 Å². The molecule has 4 aromatic rings. The number of fused-ring (bicyclic) bond motifs is 1. The molecule has 0 saturated heterocycles. The van der Waals surface area contributed by atoms with Crippen LogP contribution in [-0.4, -0.2) is 5.97 Å². The molecule has 1 unspecified atom stereocenters. The van der Waals surface area contributed by atoms with Crippen LogP contribution in [0.4, 0.5) is 0 Å². The van der Waals surface area contributed by atoms with Crippen molar-refractivity contribution in [2.45, 2.75) is 38.7 Å². The van der Waals surface area contributed by atoms with Gasteiger partial charge in [0.05, 0.1) is 11.5 Å². The highest BCUT2D eigenvalue weighted by molar-refractivity contribution is 6.30. The fraction of sp³-hybridized carbons (Fsp3) is 0.176. The summed E-state index contributed by atoms with van der Waals surface area (Å²) in [5, 5.41) is 10.6. The van der Waals surface area contributed by atoms with Gasteiger partial charge in [0.1, 0.15) is 35.5 Å². The number of nitriles is 1. The van der Waals surface area contributed by atoms with Crippen LogP contribution in [-0.2, 0) is 12.0 Å². The molecule has 0 bridgehead atoms. The number of nitrogens with zero attached hydrogens (tertiary/aromatic N) is 1. The summed E-state index contributed by atoms with van der Waals surface area (Å²) in [5.41, 5.74) is 10.6. The van der Waals surface area contributed by atoms with Gasteiger partial charge in [-0.25, -0.2) is 4.79 Å². The molecule has 0 spiro atoms. The predicted octanol–water partition coefficient (Wildman–Crippen LogP) is 7.65. The lowest BCUT2D eigenvalue weighted by atomic mass is 9.83. The van der Waals surface area contributed by atoms with Crippen LogP contribution in [0.3, 0.4) is 0 Å². The van der Waals surface area contributed by atoms with Crippen molar-refractivity contribution in [1.82, 2.24) is 0 Å². The first kappa shape index (κ1) is 27.8. The van der Waals surface area contributed by atoms with Gasteiger partial charge < -0.3 is 19.9 Å².